The average Bonchev–Trinajstić information content (AvgIpc) is 2.52. The van der Waals surface area contributed by atoms with E-state index < -0.39 is 0 Å². The van der Waals surface area contributed by atoms with Gasteiger partial charge in [-0.3, -0.25) is 4.79 Å². The van der Waals surface area contributed by atoms with E-state index in [1.165, 1.54) is 24.8 Å². The second-order valence-electron chi connectivity index (χ2n) is 6.37. The molecule has 4 nitrogen and oxygen atoms in total. The number of phenols is 1. The fraction of sp³-hybridized carbons (Fsp3) is 0.316. The van der Waals surface area contributed by atoms with Crippen molar-refractivity contribution in [3.05, 3.63) is 53.6 Å². The van der Waals surface area contributed by atoms with Crippen LogP contribution in [-0.2, 0) is 5.41 Å². The molecule has 0 aliphatic heterocycles. The number of aromatic hydroxyl groups is 1. The summed E-state index contributed by atoms with van der Waals surface area (Å²) in [7, 11) is 1.50. The molecule has 2 rings (SSSR count). The highest BCUT2D eigenvalue weighted by Crippen LogP contribution is 2.26. The average molecular weight is 314 g/mol. The molecule has 1 N–H and O–H groups in total. The van der Waals surface area contributed by atoms with Gasteiger partial charge in [0, 0.05) is 6.07 Å². The van der Waals surface area contributed by atoms with Gasteiger partial charge in [-0.05, 0) is 35.2 Å². The predicted octanol–water partition coefficient (Wildman–Crippen LogP) is 3.96. The fourth-order valence-corrected chi connectivity index (χ4v) is 2.15. The zero-order chi connectivity index (χ0) is 17.0. The fourth-order valence-electron chi connectivity index (χ4n) is 2.15. The van der Waals surface area contributed by atoms with E-state index >= 15 is 0 Å². The number of hydrogen-bond acceptors (Lipinski definition) is 4. The zero-order valence-corrected chi connectivity index (χ0v) is 13.9. The van der Waals surface area contributed by atoms with Gasteiger partial charge in [0.2, 0.25) is 5.78 Å². The van der Waals surface area contributed by atoms with Crippen molar-refractivity contribution in [3.8, 4) is 17.2 Å². The quantitative estimate of drug-likeness (QED) is 0.849. The summed E-state index contributed by atoms with van der Waals surface area (Å²) in [6.07, 6.45) is 0. The third-order valence-electron chi connectivity index (χ3n) is 3.60. The third kappa shape index (κ3) is 4.25. The van der Waals surface area contributed by atoms with Gasteiger partial charge in [0.15, 0.2) is 6.61 Å². The lowest BCUT2D eigenvalue weighted by atomic mass is 9.87. The van der Waals surface area contributed by atoms with Crippen LogP contribution in [0.5, 0.6) is 17.2 Å². The molecule has 0 bridgehead atoms. The van der Waals surface area contributed by atoms with Crippen molar-refractivity contribution >= 4 is 5.78 Å². The molecule has 23 heavy (non-hydrogen) atoms. The molecule has 2 aromatic carbocycles. The Morgan fingerprint density at radius 2 is 1.65 bits per heavy atom. The monoisotopic (exact) mass is 314 g/mol. The number of hydrogen-bond donors (Lipinski definition) is 1. The molecule has 0 radical (unpaired) electrons. The third-order valence-corrected chi connectivity index (χ3v) is 3.60. The number of ketones is 1. The Balaban J connectivity index is 2.02. The molecular formula is C19H22O4. The number of rotatable bonds is 5. The second kappa shape index (κ2) is 6.73. The Kier molecular flexibility index (Phi) is 4.94. The van der Waals surface area contributed by atoms with Crippen LogP contribution >= 0.6 is 0 Å². The molecule has 0 unspecified atom stereocenters. The lowest BCUT2D eigenvalue weighted by Crippen LogP contribution is -2.13. The normalized spacial score (nSPS) is 11.1. The van der Waals surface area contributed by atoms with Crippen molar-refractivity contribution < 1.29 is 19.4 Å². The van der Waals surface area contributed by atoms with Crippen LogP contribution in [0.25, 0.3) is 0 Å². The van der Waals surface area contributed by atoms with Crippen molar-refractivity contribution in [2.24, 2.45) is 0 Å². The topological polar surface area (TPSA) is 55.8 Å². The smallest absolute Gasteiger partial charge is 0.203 e. The largest absolute Gasteiger partial charge is 0.507 e. The molecule has 0 heterocycles. The van der Waals surface area contributed by atoms with Crippen molar-refractivity contribution in [1.82, 2.24) is 0 Å². The molecule has 0 amide bonds. The minimum atomic E-state index is -0.287. The van der Waals surface area contributed by atoms with E-state index in [9.17, 15) is 9.90 Å². The summed E-state index contributed by atoms with van der Waals surface area (Å²) in [6.45, 7) is 6.28. The van der Waals surface area contributed by atoms with E-state index in [0.717, 1.165) is 0 Å². The number of Topliss-reactive ketones (excluding diaryl/α,β-unsaturated/α-hetero) is 1. The van der Waals surface area contributed by atoms with E-state index in [0.29, 0.717) is 11.5 Å². The minimum Gasteiger partial charge on any atom is -0.507 e. The van der Waals surface area contributed by atoms with Gasteiger partial charge < -0.3 is 14.6 Å². The van der Waals surface area contributed by atoms with Crippen LogP contribution < -0.4 is 9.47 Å². The first-order valence-corrected chi connectivity index (χ1v) is 7.45. The molecule has 122 valence electrons. The number of ether oxygens (including phenoxy) is 2. The van der Waals surface area contributed by atoms with Crippen LogP contribution in [-0.4, -0.2) is 24.6 Å². The Morgan fingerprint density at radius 3 is 2.17 bits per heavy atom. The van der Waals surface area contributed by atoms with Gasteiger partial charge in [0.1, 0.15) is 17.2 Å². The van der Waals surface area contributed by atoms with Crippen LogP contribution in [0, 0.1) is 0 Å². The van der Waals surface area contributed by atoms with E-state index in [2.05, 4.69) is 20.8 Å². The van der Waals surface area contributed by atoms with E-state index in [1.54, 1.807) is 6.07 Å². The number of phenolic OH excluding ortho intramolecular Hbond substituents is 1. The highest BCUT2D eigenvalue weighted by Gasteiger charge is 2.15. The summed E-state index contributed by atoms with van der Waals surface area (Å²) in [5.41, 5.74) is 1.49. The van der Waals surface area contributed by atoms with Crippen LogP contribution in [0.1, 0.15) is 36.7 Å². The number of methoxy groups -OCH3 is 1. The van der Waals surface area contributed by atoms with Gasteiger partial charge in [-0.2, -0.15) is 0 Å². The molecule has 0 fully saturated rings. The van der Waals surface area contributed by atoms with E-state index in [-0.39, 0.29) is 29.1 Å². The Morgan fingerprint density at radius 1 is 1.04 bits per heavy atom. The summed E-state index contributed by atoms with van der Waals surface area (Å²) in [5, 5.41) is 9.86. The lowest BCUT2D eigenvalue weighted by Gasteiger charge is -2.19. The summed E-state index contributed by atoms with van der Waals surface area (Å²) >= 11 is 0. The molecule has 0 spiro atoms. The van der Waals surface area contributed by atoms with Gasteiger partial charge >= 0.3 is 0 Å². The van der Waals surface area contributed by atoms with Gasteiger partial charge in [-0.15, -0.1) is 0 Å². The Bertz CT molecular complexity index is 682. The van der Waals surface area contributed by atoms with Gasteiger partial charge in [0.25, 0.3) is 0 Å². The highest BCUT2D eigenvalue weighted by molar-refractivity contribution is 5.99. The second-order valence-corrected chi connectivity index (χ2v) is 6.37. The number of benzene rings is 2. The summed E-state index contributed by atoms with van der Waals surface area (Å²) < 4.78 is 10.5. The molecule has 0 saturated heterocycles. The van der Waals surface area contributed by atoms with Crippen LogP contribution in [0.4, 0.5) is 0 Å². The molecule has 4 heteroatoms. The van der Waals surface area contributed by atoms with Crippen LogP contribution in [0.15, 0.2) is 42.5 Å². The Labute approximate surface area is 136 Å². The number of carbonyl (C=O) groups excluding carboxylic acids is 1. The first-order valence-electron chi connectivity index (χ1n) is 7.45. The maximum absolute atomic E-state index is 12.1. The predicted molar refractivity (Wildman–Crippen MR) is 89.6 cm³/mol. The van der Waals surface area contributed by atoms with Gasteiger partial charge in [-0.25, -0.2) is 0 Å². The van der Waals surface area contributed by atoms with E-state index in [1.807, 2.05) is 24.3 Å². The van der Waals surface area contributed by atoms with Crippen molar-refractivity contribution in [1.29, 1.82) is 0 Å². The summed E-state index contributed by atoms with van der Waals surface area (Å²) in [6, 6.07) is 12.2. The number of carbonyl (C=O) groups is 1. The van der Waals surface area contributed by atoms with Crippen LogP contribution in [0.2, 0.25) is 0 Å². The molecule has 0 aliphatic rings. The first-order chi connectivity index (χ1) is 10.8. The van der Waals surface area contributed by atoms with Crippen LogP contribution in [0.3, 0.4) is 0 Å². The molecule has 2 aromatic rings. The molecule has 0 aliphatic carbocycles. The van der Waals surface area contributed by atoms with Gasteiger partial charge in [0.05, 0.1) is 12.7 Å². The van der Waals surface area contributed by atoms with Crippen molar-refractivity contribution in [2.75, 3.05) is 13.7 Å². The molecule has 0 aromatic heterocycles. The van der Waals surface area contributed by atoms with Gasteiger partial charge in [-0.1, -0.05) is 32.9 Å². The maximum Gasteiger partial charge on any atom is 0.203 e. The molecule has 0 atom stereocenters. The highest BCUT2D eigenvalue weighted by atomic mass is 16.5. The van der Waals surface area contributed by atoms with E-state index in [4.69, 9.17) is 9.47 Å². The van der Waals surface area contributed by atoms with Crippen molar-refractivity contribution in [3.63, 3.8) is 0 Å². The first kappa shape index (κ1) is 16.9. The molecular weight excluding hydrogens is 292 g/mol. The standard InChI is InChI=1S/C19H22O4/c1-19(2,3)13-5-7-14(8-6-13)23-12-18(21)16-10-9-15(22-4)11-17(16)20/h5-11,20H,12H2,1-4H3. The van der Waals surface area contributed by atoms with Crippen molar-refractivity contribution in [2.45, 2.75) is 26.2 Å². The SMILES string of the molecule is COc1ccc(C(=O)COc2ccc(C(C)(C)C)cc2)c(O)c1. The minimum absolute atomic E-state index is 0.0727. The Hall–Kier alpha value is -2.49. The molecule has 0 saturated carbocycles. The maximum atomic E-state index is 12.1. The lowest BCUT2D eigenvalue weighted by molar-refractivity contribution is 0.0918. The zero-order valence-electron chi connectivity index (χ0n) is 13.9. The summed E-state index contributed by atoms with van der Waals surface area (Å²) in [4.78, 5) is 12.1. The summed E-state index contributed by atoms with van der Waals surface area (Å²) in [5.74, 6) is 0.725.